The van der Waals surface area contributed by atoms with E-state index in [1.54, 1.807) is 0 Å². The van der Waals surface area contributed by atoms with Crippen molar-refractivity contribution in [2.75, 3.05) is 0 Å². The van der Waals surface area contributed by atoms with Gasteiger partial charge in [-0.15, -0.1) is 0 Å². The van der Waals surface area contributed by atoms with E-state index < -0.39 is 11.9 Å². The van der Waals surface area contributed by atoms with Crippen LogP contribution < -0.4 is 0 Å². The van der Waals surface area contributed by atoms with Gasteiger partial charge in [0, 0.05) is 34.0 Å². The van der Waals surface area contributed by atoms with E-state index in [9.17, 15) is 0 Å². The average molecular weight is 448 g/mol. The molecular formula is C14H23IrO4-. The van der Waals surface area contributed by atoms with E-state index >= 15 is 0 Å². The number of hydrogen-bond donors (Lipinski definition) is 2. The molecule has 2 N–H and O–H groups in total. The van der Waals surface area contributed by atoms with Crippen molar-refractivity contribution in [1.29, 1.82) is 0 Å². The van der Waals surface area contributed by atoms with Crippen LogP contribution in [0.1, 0.15) is 41.7 Å². The maximum Gasteiger partial charge on any atom is 0.300 e. The standard InChI is InChI=1S/C10H15.2C2H4O2.Ir/c1-6-7(2)9(4)10(5)8(6)3;2*1-2(3)4;/h1-5H3;2*1H3,(H,3,4);/q-1;;;. The molecule has 0 saturated carbocycles. The molecule has 0 aromatic heterocycles. The third-order valence-corrected chi connectivity index (χ3v) is 2.81. The number of rotatable bonds is 0. The maximum absolute atomic E-state index is 9.00. The van der Waals surface area contributed by atoms with Crippen molar-refractivity contribution in [3.8, 4) is 0 Å². The molecule has 0 heterocycles. The van der Waals surface area contributed by atoms with E-state index in [0.717, 1.165) is 13.8 Å². The van der Waals surface area contributed by atoms with Gasteiger partial charge in [0.05, 0.1) is 0 Å². The maximum atomic E-state index is 9.00. The van der Waals surface area contributed by atoms with Gasteiger partial charge in [0.15, 0.2) is 0 Å². The van der Waals surface area contributed by atoms with Gasteiger partial charge in [-0.2, -0.15) is 27.8 Å². The summed E-state index contributed by atoms with van der Waals surface area (Å²) in [4.78, 5) is 18.0. The molecule has 0 fully saturated rings. The largest absolute Gasteiger partial charge is 0.481 e. The molecule has 113 valence electrons. The van der Waals surface area contributed by atoms with Crippen LogP contribution in [0.2, 0.25) is 0 Å². The normalized spacial score (nSPS) is 8.16. The van der Waals surface area contributed by atoms with Crippen molar-refractivity contribution in [3.63, 3.8) is 0 Å². The quantitative estimate of drug-likeness (QED) is 0.600. The minimum Gasteiger partial charge on any atom is -0.481 e. The summed E-state index contributed by atoms with van der Waals surface area (Å²) in [6.45, 7) is 13.2. The Morgan fingerprint density at radius 3 is 1.05 bits per heavy atom. The van der Waals surface area contributed by atoms with Crippen LogP contribution >= 0.6 is 0 Å². The molecule has 0 aliphatic heterocycles. The molecule has 4 nitrogen and oxygen atoms in total. The summed E-state index contributed by atoms with van der Waals surface area (Å²) < 4.78 is 0. The summed E-state index contributed by atoms with van der Waals surface area (Å²) in [5.74, 6) is -1.67. The number of hydrogen-bond acceptors (Lipinski definition) is 2. The first-order valence-corrected chi connectivity index (χ1v) is 5.61. The van der Waals surface area contributed by atoms with Crippen molar-refractivity contribution >= 4 is 11.9 Å². The summed E-state index contributed by atoms with van der Waals surface area (Å²) in [5.41, 5.74) is 7.34. The van der Waals surface area contributed by atoms with Crippen LogP contribution in [0.3, 0.4) is 0 Å². The van der Waals surface area contributed by atoms with Gasteiger partial charge >= 0.3 is 0 Å². The van der Waals surface area contributed by atoms with Crippen molar-refractivity contribution in [2.45, 2.75) is 48.5 Å². The Hall–Kier alpha value is -1.06. The summed E-state index contributed by atoms with van der Waals surface area (Å²) in [5, 5.41) is 14.8. The molecular weight excluding hydrogens is 424 g/mol. The second-order valence-electron chi connectivity index (χ2n) is 4.16. The monoisotopic (exact) mass is 448 g/mol. The van der Waals surface area contributed by atoms with Gasteiger partial charge in [-0.05, 0) is 0 Å². The first-order chi connectivity index (χ1) is 8.02. The molecule has 0 saturated heterocycles. The topological polar surface area (TPSA) is 74.6 Å². The molecule has 1 aromatic carbocycles. The Labute approximate surface area is 128 Å². The average Bonchev–Trinajstić information content (AvgIpc) is 2.35. The minimum atomic E-state index is -0.833. The first kappa shape index (κ1) is 23.1. The second kappa shape index (κ2) is 10.8. The fraction of sp³-hybridized carbons (Fsp3) is 0.500. The number of carbonyl (C=O) groups is 2. The smallest absolute Gasteiger partial charge is 0.300 e. The van der Waals surface area contributed by atoms with Crippen molar-refractivity contribution in [1.82, 2.24) is 0 Å². The zero-order valence-electron chi connectivity index (χ0n) is 12.5. The summed E-state index contributed by atoms with van der Waals surface area (Å²) in [6, 6.07) is 0. The van der Waals surface area contributed by atoms with E-state index in [1.807, 2.05) is 0 Å². The van der Waals surface area contributed by atoms with Gasteiger partial charge in [0.25, 0.3) is 11.9 Å². The SMILES string of the molecule is CC(=O)O.CC(=O)O.Cc1c(C)c(C)[c-](C)c1C.[Ir]. The predicted molar refractivity (Wildman–Crippen MR) is 72.3 cm³/mol. The van der Waals surface area contributed by atoms with Crippen LogP contribution in [-0.4, -0.2) is 22.2 Å². The van der Waals surface area contributed by atoms with Gasteiger partial charge in [0.2, 0.25) is 0 Å². The Balaban J connectivity index is -0.000000242. The van der Waals surface area contributed by atoms with Crippen LogP contribution in [0.15, 0.2) is 0 Å². The zero-order chi connectivity index (χ0) is 15.0. The summed E-state index contributed by atoms with van der Waals surface area (Å²) >= 11 is 0. The van der Waals surface area contributed by atoms with Gasteiger partial charge in [-0.3, -0.25) is 9.59 Å². The molecule has 0 bridgehead atoms. The Bertz CT molecular complexity index is 319. The third kappa shape index (κ3) is 10.5. The van der Waals surface area contributed by atoms with Gasteiger partial charge in [0.1, 0.15) is 0 Å². The molecule has 1 radical (unpaired) electrons. The van der Waals surface area contributed by atoms with Crippen LogP contribution in [0.4, 0.5) is 0 Å². The first-order valence-electron chi connectivity index (χ1n) is 5.61. The summed E-state index contributed by atoms with van der Waals surface area (Å²) in [6.07, 6.45) is 0. The third-order valence-electron chi connectivity index (χ3n) is 2.81. The number of aliphatic carboxylic acids is 2. The molecule has 0 aliphatic rings. The zero-order valence-corrected chi connectivity index (χ0v) is 14.9. The Morgan fingerprint density at radius 1 is 0.842 bits per heavy atom. The van der Waals surface area contributed by atoms with E-state index in [0.29, 0.717) is 0 Å². The molecule has 19 heavy (non-hydrogen) atoms. The fourth-order valence-corrected chi connectivity index (χ4v) is 1.41. The van der Waals surface area contributed by atoms with E-state index in [4.69, 9.17) is 19.8 Å². The predicted octanol–water partition coefficient (Wildman–Crippen LogP) is 3.13. The Kier molecular flexibility index (Phi) is 13.1. The van der Waals surface area contributed by atoms with Crippen molar-refractivity contribution in [2.24, 2.45) is 0 Å². The minimum absolute atomic E-state index is 0. The molecule has 0 spiro atoms. The van der Waals surface area contributed by atoms with Crippen molar-refractivity contribution in [3.05, 3.63) is 27.8 Å². The van der Waals surface area contributed by atoms with Crippen molar-refractivity contribution < 1.29 is 39.9 Å². The van der Waals surface area contributed by atoms with Crippen LogP contribution in [0.25, 0.3) is 0 Å². The van der Waals surface area contributed by atoms with Gasteiger partial charge < -0.3 is 10.2 Å². The van der Waals surface area contributed by atoms with E-state index in [2.05, 4.69) is 34.6 Å². The van der Waals surface area contributed by atoms with Gasteiger partial charge in [-0.25, -0.2) is 0 Å². The molecule has 0 aliphatic carbocycles. The molecule has 0 unspecified atom stereocenters. The van der Waals surface area contributed by atoms with E-state index in [1.165, 1.54) is 27.8 Å². The van der Waals surface area contributed by atoms with Crippen LogP contribution in [0, 0.1) is 34.6 Å². The van der Waals surface area contributed by atoms with E-state index in [-0.39, 0.29) is 20.1 Å². The van der Waals surface area contributed by atoms with Gasteiger partial charge in [-0.1, -0.05) is 34.6 Å². The molecule has 0 amide bonds. The van der Waals surface area contributed by atoms with Crippen LogP contribution in [0.5, 0.6) is 0 Å². The van der Waals surface area contributed by atoms with Crippen LogP contribution in [-0.2, 0) is 29.7 Å². The number of carboxylic acids is 2. The fourth-order valence-electron chi connectivity index (χ4n) is 1.41. The molecule has 0 atom stereocenters. The Morgan fingerprint density at radius 2 is 1.00 bits per heavy atom. The number of carboxylic acid groups (broad SMARTS) is 2. The molecule has 1 rings (SSSR count). The second-order valence-corrected chi connectivity index (χ2v) is 4.16. The molecule has 5 heteroatoms. The molecule has 1 aromatic rings. The summed E-state index contributed by atoms with van der Waals surface area (Å²) in [7, 11) is 0.